The van der Waals surface area contributed by atoms with E-state index in [1.54, 1.807) is 6.07 Å². The van der Waals surface area contributed by atoms with Gasteiger partial charge < -0.3 is 15.2 Å². The number of amides is 1. The zero-order valence-corrected chi connectivity index (χ0v) is 10.6. The van der Waals surface area contributed by atoms with Gasteiger partial charge >= 0.3 is 5.97 Å². The first-order valence-electron chi connectivity index (χ1n) is 4.69. The van der Waals surface area contributed by atoms with Gasteiger partial charge in [0.2, 0.25) is 0 Å². The highest BCUT2D eigenvalue weighted by Crippen LogP contribution is 2.07. The molecule has 1 aromatic rings. The van der Waals surface area contributed by atoms with E-state index in [0.29, 0.717) is 0 Å². The van der Waals surface area contributed by atoms with Crippen LogP contribution < -0.4 is 5.32 Å². The molecule has 0 fully saturated rings. The number of nitrogens with zero attached hydrogens (tertiary/aromatic N) is 1. The maximum absolute atomic E-state index is 11.6. The molecule has 1 rings (SSSR count). The normalized spacial score (nSPS) is 11.7. The highest BCUT2D eigenvalue weighted by molar-refractivity contribution is 9.10. The van der Waals surface area contributed by atoms with Crippen molar-refractivity contribution in [3.05, 3.63) is 28.5 Å². The Kier molecular flexibility index (Phi) is 5.05. The zero-order valence-electron chi connectivity index (χ0n) is 9.01. The predicted octanol–water partition coefficient (Wildman–Crippen LogP) is 0.108. The third kappa shape index (κ3) is 3.79. The number of pyridine rings is 1. The number of carbonyl (C=O) groups excluding carboxylic acids is 2. The molecule has 1 heterocycles. The molecule has 0 saturated carbocycles. The van der Waals surface area contributed by atoms with Crippen molar-refractivity contribution in [3.8, 4) is 0 Å². The number of aliphatic hydroxyl groups is 1. The minimum Gasteiger partial charge on any atom is -0.467 e. The number of aliphatic hydroxyl groups excluding tert-OH is 1. The lowest BCUT2D eigenvalue weighted by molar-refractivity contribution is -0.143. The topological polar surface area (TPSA) is 88.5 Å². The highest BCUT2D eigenvalue weighted by atomic mass is 79.9. The maximum atomic E-state index is 11.6. The highest BCUT2D eigenvalue weighted by Gasteiger charge is 2.21. The summed E-state index contributed by atoms with van der Waals surface area (Å²) in [5, 5.41) is 11.2. The molecule has 0 aromatic carbocycles. The molecule has 2 N–H and O–H groups in total. The minimum atomic E-state index is -1.09. The van der Waals surface area contributed by atoms with E-state index in [9.17, 15) is 9.59 Å². The number of methoxy groups -OCH3 is 1. The number of nitrogens with one attached hydrogen (secondary N) is 1. The number of halogens is 1. The molecule has 7 heteroatoms. The lowest BCUT2D eigenvalue weighted by Gasteiger charge is -2.13. The van der Waals surface area contributed by atoms with Crippen LogP contribution in [-0.4, -0.2) is 41.7 Å². The molecule has 0 spiro atoms. The third-order valence-electron chi connectivity index (χ3n) is 1.93. The number of hydrogen-bond acceptors (Lipinski definition) is 5. The van der Waals surface area contributed by atoms with Crippen LogP contribution in [0, 0.1) is 0 Å². The number of ether oxygens (including phenoxy) is 1. The van der Waals surface area contributed by atoms with E-state index < -0.39 is 24.5 Å². The molecule has 1 amide bonds. The van der Waals surface area contributed by atoms with Gasteiger partial charge in [0.05, 0.1) is 13.7 Å². The summed E-state index contributed by atoms with van der Waals surface area (Å²) < 4.78 is 5.15. The Morgan fingerprint density at radius 2 is 2.29 bits per heavy atom. The van der Waals surface area contributed by atoms with Crippen molar-refractivity contribution in [1.29, 1.82) is 0 Å². The number of rotatable bonds is 4. The van der Waals surface area contributed by atoms with Crippen molar-refractivity contribution in [1.82, 2.24) is 10.3 Å². The maximum Gasteiger partial charge on any atom is 0.330 e. The molecule has 17 heavy (non-hydrogen) atoms. The van der Waals surface area contributed by atoms with E-state index in [0.717, 1.165) is 4.47 Å². The summed E-state index contributed by atoms with van der Waals surface area (Å²) in [5.74, 6) is -1.26. The average molecular weight is 303 g/mol. The monoisotopic (exact) mass is 302 g/mol. The van der Waals surface area contributed by atoms with Crippen LogP contribution in [0.2, 0.25) is 0 Å². The van der Waals surface area contributed by atoms with Gasteiger partial charge in [-0.05, 0) is 28.1 Å². The van der Waals surface area contributed by atoms with Crippen LogP contribution in [0.15, 0.2) is 22.8 Å². The van der Waals surface area contributed by atoms with Crippen LogP contribution in [0.25, 0.3) is 0 Å². The first-order valence-corrected chi connectivity index (χ1v) is 5.49. The second kappa shape index (κ2) is 6.31. The fraction of sp³-hybridized carbons (Fsp3) is 0.300. The van der Waals surface area contributed by atoms with Crippen LogP contribution >= 0.6 is 15.9 Å². The van der Waals surface area contributed by atoms with Gasteiger partial charge in [-0.1, -0.05) is 0 Å². The van der Waals surface area contributed by atoms with Crippen LogP contribution in [0.4, 0.5) is 0 Å². The molecule has 0 aliphatic carbocycles. The van der Waals surface area contributed by atoms with Crippen LogP contribution in [0.3, 0.4) is 0 Å². The molecule has 6 nitrogen and oxygen atoms in total. The first-order chi connectivity index (χ1) is 8.08. The molecule has 0 aliphatic heterocycles. The van der Waals surface area contributed by atoms with Gasteiger partial charge in [-0.15, -0.1) is 0 Å². The third-order valence-corrected chi connectivity index (χ3v) is 2.40. The fourth-order valence-corrected chi connectivity index (χ4v) is 1.30. The Balaban J connectivity index is 2.71. The summed E-state index contributed by atoms with van der Waals surface area (Å²) in [7, 11) is 1.18. The van der Waals surface area contributed by atoms with Gasteiger partial charge in [-0.25, -0.2) is 9.78 Å². The Hall–Kier alpha value is -1.47. The quantitative estimate of drug-likeness (QED) is 0.771. The van der Waals surface area contributed by atoms with Crippen molar-refractivity contribution in [2.24, 2.45) is 0 Å². The summed E-state index contributed by atoms with van der Waals surface area (Å²) in [6, 6.07) is 2.05. The molecule has 1 unspecified atom stereocenters. The molecule has 0 aliphatic rings. The number of hydrogen-bond donors (Lipinski definition) is 2. The van der Waals surface area contributed by atoms with Crippen molar-refractivity contribution in [2.45, 2.75) is 6.04 Å². The van der Waals surface area contributed by atoms with Gasteiger partial charge in [0.1, 0.15) is 5.69 Å². The van der Waals surface area contributed by atoms with E-state index in [4.69, 9.17) is 5.11 Å². The molecule has 1 aromatic heterocycles. The predicted molar refractivity (Wildman–Crippen MR) is 62.3 cm³/mol. The van der Waals surface area contributed by atoms with Gasteiger partial charge in [0, 0.05) is 10.7 Å². The van der Waals surface area contributed by atoms with Crippen LogP contribution in [0.1, 0.15) is 10.5 Å². The van der Waals surface area contributed by atoms with Crippen LogP contribution in [-0.2, 0) is 9.53 Å². The second-order valence-electron chi connectivity index (χ2n) is 3.09. The average Bonchev–Trinajstić information content (AvgIpc) is 2.35. The molecule has 1 atom stereocenters. The Morgan fingerprint density at radius 3 is 2.76 bits per heavy atom. The largest absolute Gasteiger partial charge is 0.467 e. The van der Waals surface area contributed by atoms with Gasteiger partial charge in [-0.3, -0.25) is 4.79 Å². The summed E-state index contributed by atoms with van der Waals surface area (Å²) >= 11 is 3.19. The number of aromatic nitrogens is 1. The lowest BCUT2D eigenvalue weighted by Crippen LogP contribution is -2.44. The minimum absolute atomic E-state index is 0.149. The molecule has 0 radical (unpaired) electrons. The molecule has 92 valence electrons. The first kappa shape index (κ1) is 13.6. The van der Waals surface area contributed by atoms with Crippen molar-refractivity contribution in [2.75, 3.05) is 13.7 Å². The van der Waals surface area contributed by atoms with Crippen molar-refractivity contribution in [3.63, 3.8) is 0 Å². The Bertz CT molecular complexity index is 407. The lowest BCUT2D eigenvalue weighted by atomic mass is 10.3. The second-order valence-corrected chi connectivity index (χ2v) is 4.01. The van der Waals surface area contributed by atoms with Crippen molar-refractivity contribution >= 4 is 27.8 Å². The van der Waals surface area contributed by atoms with E-state index in [-0.39, 0.29) is 5.69 Å². The fourth-order valence-electron chi connectivity index (χ4n) is 1.06. The summed E-state index contributed by atoms with van der Waals surface area (Å²) in [6.07, 6.45) is 1.46. The summed E-state index contributed by atoms with van der Waals surface area (Å²) in [4.78, 5) is 26.6. The van der Waals surface area contributed by atoms with Gasteiger partial charge in [0.25, 0.3) is 5.91 Å². The Morgan fingerprint density at radius 1 is 1.59 bits per heavy atom. The molecular weight excluding hydrogens is 292 g/mol. The van der Waals surface area contributed by atoms with Gasteiger partial charge in [-0.2, -0.15) is 0 Å². The Labute approximate surface area is 106 Å². The molecular formula is C10H11BrN2O4. The number of esters is 1. The number of carbonyl (C=O) groups is 2. The zero-order chi connectivity index (χ0) is 12.8. The van der Waals surface area contributed by atoms with Crippen molar-refractivity contribution < 1.29 is 19.4 Å². The molecule has 0 saturated heterocycles. The van der Waals surface area contributed by atoms with Crippen LogP contribution in [0.5, 0.6) is 0 Å². The molecule has 0 bridgehead atoms. The van der Waals surface area contributed by atoms with E-state index in [2.05, 4.69) is 31.0 Å². The SMILES string of the molecule is COC(=O)C(CO)NC(=O)c1ccc(Br)cn1. The van der Waals surface area contributed by atoms with E-state index in [1.165, 1.54) is 19.4 Å². The van der Waals surface area contributed by atoms with Gasteiger partial charge in [0.15, 0.2) is 6.04 Å². The summed E-state index contributed by atoms with van der Waals surface area (Å²) in [5.41, 5.74) is 0.149. The van der Waals surface area contributed by atoms with E-state index in [1.807, 2.05) is 0 Å². The summed E-state index contributed by atoms with van der Waals surface area (Å²) in [6.45, 7) is -0.533. The van der Waals surface area contributed by atoms with E-state index >= 15 is 0 Å². The smallest absolute Gasteiger partial charge is 0.330 e. The standard InChI is InChI=1S/C10H11BrN2O4/c1-17-10(16)8(5-14)13-9(15)7-3-2-6(11)4-12-7/h2-4,8,14H,5H2,1H3,(H,13,15).